The Morgan fingerprint density at radius 1 is 0.414 bits per heavy atom. The second kappa shape index (κ2) is 21.1. The molecule has 6 heterocycles. The first-order chi connectivity index (χ1) is 33.9. The van der Waals surface area contributed by atoms with Crippen LogP contribution in [0.2, 0.25) is 0 Å². The number of carbonyl (C=O) groups is 1. The van der Waals surface area contributed by atoms with E-state index in [-0.39, 0.29) is 25.0 Å². The van der Waals surface area contributed by atoms with Gasteiger partial charge in [-0.15, -0.1) is 0 Å². The Labute approximate surface area is 418 Å². The van der Waals surface area contributed by atoms with E-state index in [1.165, 1.54) is 73.6 Å². The van der Waals surface area contributed by atoms with Gasteiger partial charge >= 0.3 is 5.97 Å². The smallest absolute Gasteiger partial charge is 0.335 e. The second-order valence-electron chi connectivity index (χ2n) is 16.5. The van der Waals surface area contributed by atoms with Crippen molar-refractivity contribution in [3.05, 3.63) is 242 Å². The first-order valence-electron chi connectivity index (χ1n) is 22.6. The predicted octanol–water partition coefficient (Wildman–Crippen LogP) is 13.8. The van der Waals surface area contributed by atoms with Crippen molar-refractivity contribution >= 4 is 49.6 Å². The van der Waals surface area contributed by atoms with Gasteiger partial charge in [-0.25, -0.2) is 9.78 Å². The van der Waals surface area contributed by atoms with E-state index in [4.69, 9.17) is 10.1 Å². The van der Waals surface area contributed by atoms with Crippen molar-refractivity contribution in [1.29, 1.82) is 0 Å². The Hall–Kier alpha value is -8.65. The molecule has 0 atom stereocenters. The molecule has 0 bridgehead atoms. The van der Waals surface area contributed by atoms with Gasteiger partial charge in [-0.3, -0.25) is 19.9 Å². The molecule has 0 amide bonds. The zero-order chi connectivity index (χ0) is 47.1. The Morgan fingerprint density at radius 3 is 1.23 bits per heavy atom. The molecule has 0 radical (unpaired) electrons. The quantitative estimate of drug-likeness (QED) is 0.100. The first kappa shape index (κ1) is 46.5. The molecule has 6 aromatic carbocycles. The normalized spacial score (nSPS) is 10.7. The van der Waals surface area contributed by atoms with Crippen LogP contribution in [0, 0.1) is 6.92 Å². The predicted molar refractivity (Wildman–Crippen MR) is 278 cm³/mol. The molecule has 8 nitrogen and oxygen atoms in total. The zero-order valence-corrected chi connectivity index (χ0v) is 40.1. The zero-order valence-electron chi connectivity index (χ0n) is 38.3. The van der Waals surface area contributed by atoms with Crippen molar-refractivity contribution in [2.24, 2.45) is 7.05 Å². The first-order valence-corrected chi connectivity index (χ1v) is 22.6. The molecule has 0 aliphatic heterocycles. The summed E-state index contributed by atoms with van der Waals surface area (Å²) >= 11 is 0. The van der Waals surface area contributed by atoms with E-state index in [2.05, 4.69) is 195 Å². The van der Waals surface area contributed by atoms with Gasteiger partial charge in [-0.2, -0.15) is 4.57 Å². The van der Waals surface area contributed by atoms with Gasteiger partial charge in [0.05, 0.1) is 33.4 Å². The van der Waals surface area contributed by atoms with Crippen LogP contribution in [0.1, 0.15) is 15.9 Å². The molecule has 12 rings (SSSR count). The summed E-state index contributed by atoms with van der Waals surface area (Å²) in [5, 5.41) is 13.5. The standard InChI is InChI=1S/C25H19N2.C24H16N2.C12H10N2O2.Ru/c1-27-17-15-21(19-10-6-3-7-11-19)23-13-12-22-20(18-8-4-2-5-9-18)14-16-26-24(22)25(23)27;1-3-7-17(8-4-1)19-13-15-25-23-21(19)11-12-22-20(14-16-26-24(22)23)18-9-5-2-6-10-18;1-8-2-4-13-10(6-8)11-7-9(12(15)16)3-5-14-11;/h2-17H,1H3;1-16H;2-7H,1H3,(H,15,16);/q+1;;;. The minimum absolute atomic E-state index is 0. The van der Waals surface area contributed by atoms with Crippen LogP contribution in [-0.2, 0) is 26.5 Å². The summed E-state index contributed by atoms with van der Waals surface area (Å²) in [6.45, 7) is 1.95. The van der Waals surface area contributed by atoms with Crippen molar-refractivity contribution in [2.45, 2.75) is 6.92 Å². The molecular weight excluding hydrogens is 950 g/mol. The molecule has 6 aromatic heterocycles. The van der Waals surface area contributed by atoms with Crippen LogP contribution >= 0.6 is 0 Å². The number of hydrogen-bond acceptors (Lipinski definition) is 6. The summed E-state index contributed by atoms with van der Waals surface area (Å²) in [6, 6.07) is 65.8. The maximum atomic E-state index is 10.8. The van der Waals surface area contributed by atoms with Gasteiger partial charge in [0.1, 0.15) is 12.6 Å². The number of rotatable bonds is 6. The number of carboxylic acid groups (broad SMARTS) is 1. The van der Waals surface area contributed by atoms with Crippen molar-refractivity contribution in [1.82, 2.24) is 24.9 Å². The average molecular weight is 995 g/mol. The number of aromatic carboxylic acids is 1. The van der Waals surface area contributed by atoms with Gasteiger partial charge in [-0.1, -0.05) is 140 Å². The minimum Gasteiger partial charge on any atom is -0.478 e. The fraction of sp³-hybridized carbons (Fsp3) is 0.0328. The topological polar surface area (TPSA) is 106 Å². The van der Waals surface area contributed by atoms with E-state index in [9.17, 15) is 4.79 Å². The third kappa shape index (κ3) is 9.70. The van der Waals surface area contributed by atoms with E-state index < -0.39 is 5.97 Å². The van der Waals surface area contributed by atoms with Gasteiger partial charge in [-0.05, 0) is 100.0 Å². The van der Waals surface area contributed by atoms with Crippen LogP contribution in [-0.4, -0.2) is 36.0 Å². The monoisotopic (exact) mass is 995 g/mol. The number of aromatic nitrogens is 6. The number of nitrogens with zero attached hydrogens (tertiary/aromatic N) is 6. The van der Waals surface area contributed by atoms with E-state index in [0.29, 0.717) is 11.4 Å². The van der Waals surface area contributed by atoms with Gasteiger partial charge in [0.2, 0.25) is 5.52 Å². The fourth-order valence-electron chi connectivity index (χ4n) is 8.81. The second-order valence-corrected chi connectivity index (χ2v) is 16.5. The number of carboxylic acids is 1. The van der Waals surface area contributed by atoms with Crippen LogP contribution in [0.5, 0.6) is 0 Å². The fourth-order valence-corrected chi connectivity index (χ4v) is 8.81. The van der Waals surface area contributed by atoms with Crippen molar-refractivity contribution in [3.8, 4) is 55.9 Å². The third-order valence-corrected chi connectivity index (χ3v) is 12.1. The molecule has 0 unspecified atom stereocenters. The molecular formula is C61H45N6O2Ru+. The molecule has 9 heteroatoms. The Balaban J connectivity index is 0.000000134. The van der Waals surface area contributed by atoms with E-state index in [1.54, 1.807) is 6.20 Å². The molecule has 338 valence electrons. The van der Waals surface area contributed by atoms with E-state index >= 15 is 0 Å². The SMILES string of the molecule is C[n+]1ccc(-c2ccccc2)c2ccc3c(-c4ccccc4)ccnc3c21.Cc1ccnc(-c2cc(C(=O)O)ccn2)c1.[Ru].c1ccc(-c2ccnc3c2ccc2c(-c4ccccc4)ccnc23)cc1. The maximum Gasteiger partial charge on any atom is 0.335 e. The van der Waals surface area contributed by atoms with E-state index in [0.717, 1.165) is 38.4 Å². The van der Waals surface area contributed by atoms with Crippen molar-refractivity contribution in [3.63, 3.8) is 0 Å². The number of pyridine rings is 6. The molecule has 1 N–H and O–H groups in total. The molecule has 0 spiro atoms. The number of fused-ring (bicyclic) bond motifs is 6. The summed E-state index contributed by atoms with van der Waals surface area (Å²) in [7, 11) is 2.09. The van der Waals surface area contributed by atoms with Crippen molar-refractivity contribution in [2.75, 3.05) is 0 Å². The van der Waals surface area contributed by atoms with E-state index in [1.807, 2.05) is 49.8 Å². The molecule has 0 saturated heterocycles. The van der Waals surface area contributed by atoms with Crippen LogP contribution in [0.3, 0.4) is 0 Å². The van der Waals surface area contributed by atoms with Gasteiger partial charge in [0.15, 0.2) is 6.20 Å². The molecule has 12 aromatic rings. The van der Waals surface area contributed by atoms with Gasteiger partial charge in [0.25, 0.3) is 0 Å². The Bertz CT molecular complexity index is 3690. The maximum absolute atomic E-state index is 10.8. The third-order valence-electron chi connectivity index (χ3n) is 12.1. The number of hydrogen-bond donors (Lipinski definition) is 1. The summed E-state index contributed by atoms with van der Waals surface area (Å²) in [5.41, 5.74) is 16.3. The summed E-state index contributed by atoms with van der Waals surface area (Å²) in [6.07, 6.45) is 10.9. The number of benzene rings is 6. The minimum atomic E-state index is -0.962. The van der Waals surface area contributed by atoms with Crippen LogP contribution in [0.15, 0.2) is 231 Å². The van der Waals surface area contributed by atoms with Crippen LogP contribution < -0.4 is 4.57 Å². The summed E-state index contributed by atoms with van der Waals surface area (Å²) in [5.74, 6) is -0.962. The molecule has 70 heavy (non-hydrogen) atoms. The Kier molecular flexibility index (Phi) is 14.0. The Morgan fingerprint density at radius 2 is 0.786 bits per heavy atom. The van der Waals surface area contributed by atoms with Crippen molar-refractivity contribution < 1.29 is 33.9 Å². The largest absolute Gasteiger partial charge is 0.478 e. The molecule has 0 saturated carbocycles. The van der Waals surface area contributed by atoms with Gasteiger partial charge < -0.3 is 5.11 Å². The van der Waals surface area contributed by atoms with Crippen LogP contribution in [0.25, 0.3) is 99.5 Å². The number of aryl methyl sites for hydroxylation is 2. The summed E-state index contributed by atoms with van der Waals surface area (Å²) < 4.78 is 2.17. The van der Waals surface area contributed by atoms with Crippen LogP contribution in [0.4, 0.5) is 0 Å². The average Bonchev–Trinajstić information content (AvgIpc) is 3.41. The molecule has 0 fully saturated rings. The van der Waals surface area contributed by atoms with Gasteiger partial charge in [0, 0.05) is 78.3 Å². The molecule has 0 aliphatic carbocycles. The molecule has 0 aliphatic rings. The summed E-state index contributed by atoms with van der Waals surface area (Å²) in [4.78, 5) is 33.2.